The molecule has 0 atom stereocenters. The van der Waals surface area contributed by atoms with Gasteiger partial charge in [-0.05, 0) is 87.6 Å². The van der Waals surface area contributed by atoms with E-state index in [2.05, 4.69) is 39.5 Å². The molecule has 1 saturated carbocycles. The van der Waals surface area contributed by atoms with Crippen LogP contribution in [0.5, 0.6) is 0 Å². The Bertz CT molecular complexity index is 842. The second-order valence-corrected chi connectivity index (χ2v) is 18.0. The number of rotatable bonds is 40. The number of aliphatic hydroxyl groups excluding tert-OH is 1. The Morgan fingerprint density at radius 1 is 0.623 bits per heavy atom. The topological polar surface area (TPSA) is 76.1 Å². The molecule has 0 radical (unpaired) electrons. The molecule has 0 aliphatic heterocycles. The van der Waals surface area contributed by atoms with Gasteiger partial charge >= 0.3 is 11.9 Å². The van der Waals surface area contributed by atoms with E-state index in [1.54, 1.807) is 0 Å². The van der Waals surface area contributed by atoms with E-state index in [4.69, 9.17) is 9.47 Å². The predicted molar refractivity (Wildman–Crippen MR) is 225 cm³/mol. The molecule has 0 bridgehead atoms. The lowest BCUT2D eigenvalue weighted by atomic mass is 9.88. The molecule has 0 unspecified atom stereocenters. The largest absolute Gasteiger partial charge is 0.465 e. The van der Waals surface area contributed by atoms with Crippen LogP contribution in [0.3, 0.4) is 0 Å². The molecule has 0 aromatic carbocycles. The van der Waals surface area contributed by atoms with Crippen LogP contribution in [-0.2, 0) is 19.1 Å². The molecule has 0 aromatic rings. The van der Waals surface area contributed by atoms with E-state index in [0.29, 0.717) is 32.0 Å². The molecular weight excluding hydrogens is 659 g/mol. The number of esters is 2. The van der Waals surface area contributed by atoms with Gasteiger partial charge in [-0.1, -0.05) is 163 Å². The summed E-state index contributed by atoms with van der Waals surface area (Å²) in [6.07, 6.45) is 36.7. The molecule has 1 rings (SSSR count). The SMILES string of the molecule is CCCCCCCCCC(=O)OCC(C)(C)CCCCCN(CCO)CCCCCC1(CC(=O)OCC(CCCCCCC)CCCCCCC)CC1. The van der Waals surface area contributed by atoms with Crippen molar-refractivity contribution >= 4 is 11.9 Å². The molecule has 1 aliphatic rings. The third-order valence-corrected chi connectivity index (χ3v) is 11.9. The first kappa shape index (κ1) is 49.9. The molecule has 1 fully saturated rings. The van der Waals surface area contributed by atoms with E-state index >= 15 is 0 Å². The van der Waals surface area contributed by atoms with Crippen molar-refractivity contribution in [3.63, 3.8) is 0 Å². The predicted octanol–water partition coefficient (Wildman–Crippen LogP) is 13.2. The summed E-state index contributed by atoms with van der Waals surface area (Å²) in [4.78, 5) is 27.6. The Morgan fingerprint density at radius 3 is 1.68 bits per heavy atom. The molecule has 0 heterocycles. The maximum Gasteiger partial charge on any atom is 0.306 e. The van der Waals surface area contributed by atoms with Gasteiger partial charge in [0.05, 0.1) is 26.2 Å². The van der Waals surface area contributed by atoms with Gasteiger partial charge in [0.2, 0.25) is 0 Å². The number of aliphatic hydroxyl groups is 1. The van der Waals surface area contributed by atoms with Gasteiger partial charge in [0.15, 0.2) is 0 Å². The number of hydrogen-bond acceptors (Lipinski definition) is 6. The Morgan fingerprint density at radius 2 is 1.13 bits per heavy atom. The van der Waals surface area contributed by atoms with Crippen LogP contribution >= 0.6 is 0 Å². The minimum atomic E-state index is -0.0352. The lowest BCUT2D eigenvalue weighted by Crippen LogP contribution is -2.29. The van der Waals surface area contributed by atoms with Gasteiger partial charge in [0.25, 0.3) is 0 Å². The highest BCUT2D eigenvalue weighted by atomic mass is 16.5. The van der Waals surface area contributed by atoms with Crippen molar-refractivity contribution in [1.82, 2.24) is 4.90 Å². The van der Waals surface area contributed by atoms with E-state index in [-0.39, 0.29) is 29.4 Å². The number of carbonyl (C=O) groups is 2. The van der Waals surface area contributed by atoms with Crippen LogP contribution in [0.4, 0.5) is 0 Å². The van der Waals surface area contributed by atoms with Crippen LogP contribution in [-0.4, -0.2) is 61.4 Å². The van der Waals surface area contributed by atoms with Gasteiger partial charge in [0, 0.05) is 13.0 Å². The van der Waals surface area contributed by atoms with E-state index in [0.717, 1.165) is 71.0 Å². The molecule has 0 spiro atoms. The molecule has 0 amide bonds. The highest BCUT2D eigenvalue weighted by Gasteiger charge is 2.44. The average Bonchev–Trinajstić information content (AvgIpc) is 3.90. The van der Waals surface area contributed by atoms with Gasteiger partial charge in [-0.2, -0.15) is 0 Å². The zero-order valence-electron chi connectivity index (χ0n) is 36.3. The third kappa shape index (κ3) is 29.8. The fourth-order valence-electron chi connectivity index (χ4n) is 7.90. The molecule has 1 N–H and O–H groups in total. The minimum absolute atomic E-state index is 0.0137. The van der Waals surface area contributed by atoms with Crippen molar-refractivity contribution in [2.24, 2.45) is 16.7 Å². The molecule has 0 saturated heterocycles. The van der Waals surface area contributed by atoms with Crippen molar-refractivity contribution < 1.29 is 24.2 Å². The van der Waals surface area contributed by atoms with Crippen LogP contribution in [0, 0.1) is 16.7 Å². The maximum atomic E-state index is 12.9. The quantitative estimate of drug-likeness (QED) is 0.0496. The molecule has 6 heteroatoms. The summed E-state index contributed by atoms with van der Waals surface area (Å²) in [5.74, 6) is 0.542. The van der Waals surface area contributed by atoms with Crippen molar-refractivity contribution in [3.8, 4) is 0 Å². The van der Waals surface area contributed by atoms with Crippen LogP contribution in [0.1, 0.15) is 234 Å². The Balaban J connectivity index is 2.22. The number of carbonyl (C=O) groups excluding carboxylic acids is 2. The van der Waals surface area contributed by atoms with E-state index in [1.165, 1.54) is 135 Å². The number of unbranched alkanes of at least 4 members (excludes halogenated alkanes) is 18. The fraction of sp³-hybridized carbons (Fsp3) is 0.957. The van der Waals surface area contributed by atoms with Crippen molar-refractivity contribution in [1.29, 1.82) is 0 Å². The normalized spacial score (nSPS) is 14.0. The zero-order chi connectivity index (χ0) is 38.9. The van der Waals surface area contributed by atoms with Gasteiger partial charge in [0.1, 0.15) is 0 Å². The summed E-state index contributed by atoms with van der Waals surface area (Å²) < 4.78 is 11.6. The number of nitrogens with zero attached hydrogens (tertiary/aromatic N) is 1. The molecule has 1 aliphatic carbocycles. The van der Waals surface area contributed by atoms with E-state index < -0.39 is 0 Å². The lowest BCUT2D eigenvalue weighted by molar-refractivity contribution is -0.147. The molecule has 0 aromatic heterocycles. The lowest BCUT2D eigenvalue weighted by Gasteiger charge is -2.25. The van der Waals surface area contributed by atoms with Gasteiger partial charge < -0.3 is 19.5 Å². The van der Waals surface area contributed by atoms with Crippen LogP contribution in [0.25, 0.3) is 0 Å². The first-order valence-corrected chi connectivity index (χ1v) is 23.3. The Kier molecular flexibility index (Phi) is 31.1. The standard InChI is InChI=1S/C47H91NO5/c1-6-9-12-15-16-19-24-31-44(50)53-42-46(4,5)32-25-20-27-36-48(38-39-49)37-28-21-26-33-47(34-35-47)40-45(51)52-41-43(29-22-17-13-10-7-2)30-23-18-14-11-8-3/h43,49H,6-42H2,1-5H3. The van der Waals surface area contributed by atoms with Gasteiger partial charge in [-0.25, -0.2) is 0 Å². The smallest absolute Gasteiger partial charge is 0.306 e. The molecule has 53 heavy (non-hydrogen) atoms. The highest BCUT2D eigenvalue weighted by Crippen LogP contribution is 2.53. The van der Waals surface area contributed by atoms with Crippen molar-refractivity contribution in [2.45, 2.75) is 234 Å². The Hall–Kier alpha value is -1.14. The number of ether oxygens (including phenoxy) is 2. The fourth-order valence-corrected chi connectivity index (χ4v) is 7.90. The first-order valence-electron chi connectivity index (χ1n) is 23.3. The summed E-state index contributed by atoms with van der Waals surface area (Å²) in [6, 6.07) is 0. The van der Waals surface area contributed by atoms with Gasteiger partial charge in [-0.3, -0.25) is 9.59 Å². The molecular formula is C47H91NO5. The monoisotopic (exact) mass is 750 g/mol. The van der Waals surface area contributed by atoms with Gasteiger partial charge in [-0.15, -0.1) is 0 Å². The average molecular weight is 750 g/mol. The summed E-state index contributed by atoms with van der Waals surface area (Å²) >= 11 is 0. The summed E-state index contributed by atoms with van der Waals surface area (Å²) in [5, 5.41) is 9.66. The first-order chi connectivity index (χ1) is 25.7. The van der Waals surface area contributed by atoms with Crippen LogP contribution < -0.4 is 0 Å². The van der Waals surface area contributed by atoms with Crippen LogP contribution in [0.15, 0.2) is 0 Å². The maximum absolute atomic E-state index is 12.9. The zero-order valence-corrected chi connectivity index (χ0v) is 36.3. The minimum Gasteiger partial charge on any atom is -0.465 e. The Labute approximate surface area is 330 Å². The second kappa shape index (κ2) is 33.0. The van der Waals surface area contributed by atoms with Crippen molar-refractivity contribution in [3.05, 3.63) is 0 Å². The summed E-state index contributed by atoms with van der Waals surface area (Å²) in [6.45, 7) is 15.4. The number of hydrogen-bond donors (Lipinski definition) is 1. The van der Waals surface area contributed by atoms with Crippen LogP contribution in [0.2, 0.25) is 0 Å². The van der Waals surface area contributed by atoms with E-state index in [9.17, 15) is 14.7 Å². The van der Waals surface area contributed by atoms with Crippen molar-refractivity contribution in [2.75, 3.05) is 39.5 Å². The molecule has 314 valence electrons. The second-order valence-electron chi connectivity index (χ2n) is 18.0. The third-order valence-electron chi connectivity index (χ3n) is 11.9. The molecule has 6 nitrogen and oxygen atoms in total. The summed E-state index contributed by atoms with van der Waals surface area (Å²) in [5.41, 5.74) is 0.219. The highest BCUT2D eigenvalue weighted by molar-refractivity contribution is 5.70. The van der Waals surface area contributed by atoms with E-state index in [1.807, 2.05) is 0 Å². The summed E-state index contributed by atoms with van der Waals surface area (Å²) in [7, 11) is 0.